The van der Waals surface area contributed by atoms with Crippen molar-refractivity contribution < 1.29 is 0 Å². The number of hydrogen-bond donors (Lipinski definition) is 2. The molecule has 2 rings (SSSR count). The molecule has 0 saturated heterocycles. The van der Waals surface area contributed by atoms with Crippen LogP contribution in [0.5, 0.6) is 0 Å². The summed E-state index contributed by atoms with van der Waals surface area (Å²) in [5.74, 6) is 2.10. The van der Waals surface area contributed by atoms with Gasteiger partial charge in [-0.3, -0.25) is 0 Å². The molecule has 0 spiro atoms. The molecule has 108 valence electrons. The Morgan fingerprint density at radius 3 is 2.67 bits per heavy atom. The Bertz CT molecular complexity index is 678. The number of benzene rings is 1. The number of rotatable bonds is 5. The second kappa shape index (κ2) is 6.91. The Kier molecular flexibility index (Phi) is 4.96. The van der Waals surface area contributed by atoms with Gasteiger partial charge >= 0.3 is 0 Å². The highest BCUT2D eigenvalue weighted by atomic mass is 35.5. The molecular weight excluding hydrogens is 286 g/mol. The minimum absolute atomic E-state index is 0.480. The predicted molar refractivity (Wildman–Crippen MR) is 85.0 cm³/mol. The maximum absolute atomic E-state index is 8.84. The Morgan fingerprint density at radius 2 is 2.00 bits per heavy atom. The summed E-state index contributed by atoms with van der Waals surface area (Å²) in [7, 11) is 0. The molecule has 0 unspecified atom stereocenters. The molecule has 0 aliphatic rings. The zero-order valence-corrected chi connectivity index (χ0v) is 12.7. The lowest BCUT2D eigenvalue weighted by molar-refractivity contribution is 0.955. The van der Waals surface area contributed by atoms with Gasteiger partial charge in [-0.05, 0) is 31.5 Å². The molecule has 6 heteroatoms. The number of hydrogen-bond acceptors (Lipinski definition) is 5. The minimum Gasteiger partial charge on any atom is -0.370 e. The lowest BCUT2D eigenvalue weighted by Crippen LogP contribution is -2.05. The Morgan fingerprint density at radius 1 is 1.24 bits per heavy atom. The zero-order valence-electron chi connectivity index (χ0n) is 11.9. The number of aryl methyl sites for hydroxylation is 1. The molecule has 0 radical (unpaired) electrons. The van der Waals surface area contributed by atoms with Crippen molar-refractivity contribution in [1.82, 2.24) is 9.97 Å². The number of halogens is 1. The van der Waals surface area contributed by atoms with Crippen LogP contribution < -0.4 is 10.6 Å². The lowest BCUT2D eigenvalue weighted by atomic mass is 10.2. The summed E-state index contributed by atoms with van der Waals surface area (Å²) < 4.78 is 0. The fraction of sp³-hybridized carbons (Fsp3) is 0.267. The van der Waals surface area contributed by atoms with Gasteiger partial charge in [-0.2, -0.15) is 5.26 Å². The van der Waals surface area contributed by atoms with Crippen molar-refractivity contribution in [2.45, 2.75) is 20.3 Å². The summed E-state index contributed by atoms with van der Waals surface area (Å²) >= 11 is 6.15. The van der Waals surface area contributed by atoms with E-state index in [1.165, 1.54) is 0 Å². The molecule has 5 nitrogen and oxygen atoms in total. The first-order chi connectivity index (χ1) is 10.1. The van der Waals surface area contributed by atoms with Crippen molar-refractivity contribution in [2.24, 2.45) is 0 Å². The van der Waals surface area contributed by atoms with Gasteiger partial charge in [-0.15, -0.1) is 0 Å². The first kappa shape index (κ1) is 15.1. The summed E-state index contributed by atoms with van der Waals surface area (Å²) in [5, 5.41) is 15.7. The SMILES string of the molecule is CCCNc1cc(Nc2ccc(C#N)cc2Cl)nc(C)n1. The van der Waals surface area contributed by atoms with E-state index in [1.807, 2.05) is 13.0 Å². The molecule has 21 heavy (non-hydrogen) atoms. The maximum Gasteiger partial charge on any atom is 0.136 e. The second-order valence-electron chi connectivity index (χ2n) is 4.54. The average molecular weight is 302 g/mol. The number of nitrogens with one attached hydrogen (secondary N) is 2. The smallest absolute Gasteiger partial charge is 0.136 e. The van der Waals surface area contributed by atoms with Crippen LogP contribution in [0.25, 0.3) is 0 Å². The number of nitrogens with zero attached hydrogens (tertiary/aromatic N) is 3. The lowest BCUT2D eigenvalue weighted by Gasteiger charge is -2.11. The van der Waals surface area contributed by atoms with E-state index in [-0.39, 0.29) is 0 Å². The number of aromatic nitrogens is 2. The van der Waals surface area contributed by atoms with E-state index in [0.717, 1.165) is 18.8 Å². The van der Waals surface area contributed by atoms with Crippen LogP contribution >= 0.6 is 11.6 Å². The van der Waals surface area contributed by atoms with Crippen molar-refractivity contribution in [3.63, 3.8) is 0 Å². The number of nitriles is 1. The first-order valence-electron chi connectivity index (χ1n) is 6.68. The minimum atomic E-state index is 0.480. The van der Waals surface area contributed by atoms with Gasteiger partial charge in [-0.1, -0.05) is 18.5 Å². The van der Waals surface area contributed by atoms with Crippen LogP contribution in [0.3, 0.4) is 0 Å². The third kappa shape index (κ3) is 4.07. The third-order valence-electron chi connectivity index (χ3n) is 2.75. The normalized spacial score (nSPS) is 10.0. The molecular formula is C15H16ClN5. The molecule has 1 aromatic heterocycles. The molecule has 0 fully saturated rings. The monoisotopic (exact) mass is 301 g/mol. The van der Waals surface area contributed by atoms with Gasteiger partial charge in [0.2, 0.25) is 0 Å². The van der Waals surface area contributed by atoms with Gasteiger partial charge in [-0.25, -0.2) is 9.97 Å². The first-order valence-corrected chi connectivity index (χ1v) is 7.06. The molecule has 2 N–H and O–H groups in total. The zero-order chi connectivity index (χ0) is 15.2. The highest BCUT2D eigenvalue weighted by Gasteiger charge is 2.06. The van der Waals surface area contributed by atoms with Gasteiger partial charge < -0.3 is 10.6 Å². The quantitative estimate of drug-likeness (QED) is 0.877. The van der Waals surface area contributed by atoms with Crippen molar-refractivity contribution in [2.75, 3.05) is 17.2 Å². The Labute approximate surface area is 129 Å². The van der Waals surface area contributed by atoms with Crippen molar-refractivity contribution >= 4 is 28.9 Å². The van der Waals surface area contributed by atoms with Gasteiger partial charge in [0.25, 0.3) is 0 Å². The van der Waals surface area contributed by atoms with Crippen molar-refractivity contribution in [1.29, 1.82) is 5.26 Å². The molecule has 1 heterocycles. The molecule has 0 bridgehead atoms. The maximum atomic E-state index is 8.84. The van der Waals surface area contributed by atoms with Crippen molar-refractivity contribution in [3.8, 4) is 6.07 Å². The van der Waals surface area contributed by atoms with E-state index in [9.17, 15) is 0 Å². The van der Waals surface area contributed by atoms with E-state index in [2.05, 4.69) is 33.6 Å². The molecule has 0 aliphatic heterocycles. The molecule has 0 amide bonds. The molecule has 0 atom stereocenters. The summed E-state index contributed by atoms with van der Waals surface area (Å²) in [4.78, 5) is 8.66. The predicted octanol–water partition coefficient (Wildman–Crippen LogP) is 3.88. The fourth-order valence-corrected chi connectivity index (χ4v) is 2.03. The van der Waals surface area contributed by atoms with E-state index >= 15 is 0 Å². The summed E-state index contributed by atoms with van der Waals surface area (Å²) in [6.07, 6.45) is 1.02. The van der Waals surface area contributed by atoms with Gasteiger partial charge in [0.15, 0.2) is 0 Å². The molecule has 2 aromatic rings. The number of anilines is 3. The molecule has 0 aliphatic carbocycles. The highest BCUT2D eigenvalue weighted by Crippen LogP contribution is 2.26. The van der Waals surface area contributed by atoms with Gasteiger partial charge in [0, 0.05) is 12.6 Å². The summed E-state index contributed by atoms with van der Waals surface area (Å²) in [5.41, 5.74) is 1.23. The largest absolute Gasteiger partial charge is 0.370 e. The van der Waals surface area contributed by atoms with Crippen LogP contribution in [0, 0.1) is 18.3 Å². The van der Waals surface area contributed by atoms with Crippen LogP contribution in [0.15, 0.2) is 24.3 Å². The highest BCUT2D eigenvalue weighted by molar-refractivity contribution is 6.33. The van der Waals surface area contributed by atoms with Crippen LogP contribution in [-0.4, -0.2) is 16.5 Å². The Hall–Kier alpha value is -2.32. The Balaban J connectivity index is 2.23. The molecule has 0 saturated carbocycles. The topological polar surface area (TPSA) is 73.6 Å². The summed E-state index contributed by atoms with van der Waals surface area (Å²) in [6, 6.07) is 8.97. The van der Waals surface area contributed by atoms with Gasteiger partial charge in [0.05, 0.1) is 22.3 Å². The average Bonchev–Trinajstić information content (AvgIpc) is 2.46. The van der Waals surface area contributed by atoms with Crippen molar-refractivity contribution in [3.05, 3.63) is 40.7 Å². The van der Waals surface area contributed by atoms with Crippen LogP contribution in [-0.2, 0) is 0 Å². The van der Waals surface area contributed by atoms with Crippen LogP contribution in [0.2, 0.25) is 5.02 Å². The van der Waals surface area contributed by atoms with E-state index in [4.69, 9.17) is 16.9 Å². The summed E-state index contributed by atoms with van der Waals surface area (Å²) in [6.45, 7) is 4.78. The van der Waals surface area contributed by atoms with Gasteiger partial charge in [0.1, 0.15) is 17.5 Å². The fourth-order valence-electron chi connectivity index (χ4n) is 1.80. The standard InChI is InChI=1S/C15H16ClN5/c1-3-6-18-14-8-15(20-10(2)19-14)21-13-5-4-11(9-17)7-12(13)16/h4-5,7-8H,3,6H2,1-2H3,(H2,18,19,20,21). The van der Waals surface area contributed by atoms with Crippen LogP contribution in [0.4, 0.5) is 17.3 Å². The third-order valence-corrected chi connectivity index (χ3v) is 3.07. The van der Waals surface area contributed by atoms with E-state index < -0.39 is 0 Å². The van der Waals surface area contributed by atoms with E-state index in [0.29, 0.717) is 27.9 Å². The molecule has 1 aromatic carbocycles. The van der Waals surface area contributed by atoms with E-state index in [1.54, 1.807) is 18.2 Å². The second-order valence-corrected chi connectivity index (χ2v) is 4.95. The van der Waals surface area contributed by atoms with Crippen LogP contribution in [0.1, 0.15) is 24.7 Å².